The second kappa shape index (κ2) is 6.22. The molecule has 2 aliphatic rings. The van der Waals surface area contributed by atoms with Crippen LogP contribution in [-0.2, 0) is 29.8 Å². The molecule has 0 saturated carbocycles. The monoisotopic (exact) mass is 408 g/mol. The van der Waals surface area contributed by atoms with Crippen LogP contribution in [0.25, 0.3) is 22.3 Å². The number of pyridine rings is 2. The summed E-state index contributed by atoms with van der Waals surface area (Å²) in [5, 5.41) is 21.1. The van der Waals surface area contributed by atoms with Gasteiger partial charge in [-0.25, -0.2) is 14.2 Å². The van der Waals surface area contributed by atoms with Crippen LogP contribution in [0.2, 0.25) is 0 Å². The minimum Gasteiger partial charge on any atom is -0.479 e. The number of aryl methyl sites for hydroxylation is 2. The van der Waals surface area contributed by atoms with Gasteiger partial charge >= 0.3 is 5.97 Å². The second-order valence-corrected chi connectivity index (χ2v) is 8.20. The van der Waals surface area contributed by atoms with Gasteiger partial charge in [-0.3, -0.25) is 4.79 Å². The van der Waals surface area contributed by atoms with Crippen LogP contribution in [0.15, 0.2) is 23.0 Å². The molecule has 30 heavy (non-hydrogen) atoms. The zero-order valence-electron chi connectivity index (χ0n) is 16.8. The zero-order chi connectivity index (χ0) is 21.4. The minimum absolute atomic E-state index is 0.0351. The van der Waals surface area contributed by atoms with Gasteiger partial charge in [0.05, 0.1) is 23.4 Å². The first-order chi connectivity index (χ1) is 14.3. The van der Waals surface area contributed by atoms with Gasteiger partial charge in [-0.1, -0.05) is 6.92 Å². The number of hydrogen-bond acceptors (Lipinski definition) is 4. The van der Waals surface area contributed by atoms with Gasteiger partial charge in [-0.2, -0.15) is 0 Å². The Morgan fingerprint density at radius 1 is 1.23 bits per heavy atom. The SMILES string of the molecule is CCC(O)(C(=O)O)c1cc2n(c(=O)c1)Cc1c-2nc2cc(F)c(C)c3c2c1CCC3. The lowest BCUT2D eigenvalue weighted by Gasteiger charge is -2.23. The van der Waals surface area contributed by atoms with Crippen molar-refractivity contribution in [3.05, 3.63) is 62.2 Å². The third-order valence-corrected chi connectivity index (χ3v) is 6.70. The number of aromatic nitrogens is 2. The van der Waals surface area contributed by atoms with Crippen LogP contribution in [0.4, 0.5) is 4.39 Å². The summed E-state index contributed by atoms with van der Waals surface area (Å²) in [4.78, 5) is 29.2. The van der Waals surface area contributed by atoms with Crippen molar-refractivity contribution in [2.75, 3.05) is 0 Å². The molecule has 0 fully saturated rings. The molecule has 0 radical (unpaired) electrons. The van der Waals surface area contributed by atoms with Crippen molar-refractivity contribution in [3.8, 4) is 11.4 Å². The maximum absolute atomic E-state index is 14.5. The van der Waals surface area contributed by atoms with Gasteiger partial charge in [0.15, 0.2) is 5.60 Å². The number of fused-ring (bicyclic) bond motifs is 4. The fourth-order valence-electron chi connectivity index (χ4n) is 4.94. The molecule has 2 N–H and O–H groups in total. The van der Waals surface area contributed by atoms with Gasteiger partial charge in [-0.15, -0.1) is 0 Å². The molecule has 0 saturated heterocycles. The number of aliphatic carboxylic acids is 1. The van der Waals surface area contributed by atoms with Crippen molar-refractivity contribution in [1.29, 1.82) is 0 Å². The summed E-state index contributed by atoms with van der Waals surface area (Å²) in [7, 11) is 0. The summed E-state index contributed by atoms with van der Waals surface area (Å²) in [5.74, 6) is -1.70. The first-order valence-electron chi connectivity index (χ1n) is 10.1. The highest BCUT2D eigenvalue weighted by molar-refractivity contribution is 5.92. The van der Waals surface area contributed by atoms with E-state index in [-0.39, 0.29) is 23.4 Å². The van der Waals surface area contributed by atoms with Gasteiger partial charge in [0.2, 0.25) is 0 Å². The molecule has 0 spiro atoms. The zero-order valence-corrected chi connectivity index (χ0v) is 16.8. The normalized spacial score (nSPS) is 16.3. The maximum Gasteiger partial charge on any atom is 0.340 e. The van der Waals surface area contributed by atoms with Crippen LogP contribution >= 0.6 is 0 Å². The topological polar surface area (TPSA) is 92.4 Å². The van der Waals surface area contributed by atoms with Crippen molar-refractivity contribution in [2.24, 2.45) is 0 Å². The molecule has 6 nitrogen and oxygen atoms in total. The number of rotatable bonds is 3. The number of aliphatic hydroxyl groups is 1. The lowest BCUT2D eigenvalue weighted by atomic mass is 9.84. The van der Waals surface area contributed by atoms with E-state index in [0.717, 1.165) is 41.3 Å². The third kappa shape index (κ3) is 2.35. The molecule has 1 aliphatic carbocycles. The van der Waals surface area contributed by atoms with E-state index in [4.69, 9.17) is 4.98 Å². The molecule has 1 aliphatic heterocycles. The summed E-state index contributed by atoms with van der Waals surface area (Å²) in [6, 6.07) is 4.16. The van der Waals surface area contributed by atoms with Gasteiger partial charge in [0.1, 0.15) is 5.82 Å². The van der Waals surface area contributed by atoms with Crippen LogP contribution in [0.5, 0.6) is 0 Å². The van der Waals surface area contributed by atoms with E-state index in [1.165, 1.54) is 18.2 Å². The quantitative estimate of drug-likeness (QED) is 0.544. The van der Waals surface area contributed by atoms with E-state index in [1.807, 2.05) is 0 Å². The Labute approximate surface area is 171 Å². The third-order valence-electron chi connectivity index (χ3n) is 6.70. The molecule has 1 atom stereocenters. The van der Waals surface area contributed by atoms with Gasteiger partial charge in [0.25, 0.3) is 5.56 Å². The molecular weight excluding hydrogens is 387 g/mol. The highest BCUT2D eigenvalue weighted by atomic mass is 19.1. The Balaban J connectivity index is 1.82. The van der Waals surface area contributed by atoms with E-state index in [1.54, 1.807) is 18.4 Å². The van der Waals surface area contributed by atoms with Crippen molar-refractivity contribution in [1.82, 2.24) is 9.55 Å². The van der Waals surface area contributed by atoms with E-state index in [9.17, 15) is 24.2 Å². The average molecular weight is 408 g/mol. The number of nitrogens with zero attached hydrogens (tertiary/aromatic N) is 2. The number of benzene rings is 1. The molecule has 0 bridgehead atoms. The van der Waals surface area contributed by atoms with Gasteiger partial charge in [0, 0.05) is 28.6 Å². The molecule has 0 amide bonds. The minimum atomic E-state index is -2.15. The molecule has 2 aromatic heterocycles. The van der Waals surface area contributed by atoms with Crippen LogP contribution in [-0.4, -0.2) is 25.7 Å². The van der Waals surface area contributed by atoms with Gasteiger partial charge in [-0.05, 0) is 55.4 Å². The average Bonchev–Trinajstić information content (AvgIpc) is 3.10. The van der Waals surface area contributed by atoms with Crippen molar-refractivity contribution < 1.29 is 19.4 Å². The molecule has 3 aromatic rings. The number of carboxylic acids is 1. The number of halogens is 1. The fraction of sp³-hybridized carbons (Fsp3) is 0.348. The van der Waals surface area contributed by atoms with Crippen molar-refractivity contribution in [3.63, 3.8) is 0 Å². The largest absolute Gasteiger partial charge is 0.479 e. The number of carbonyl (C=O) groups is 1. The number of carboxylic acid groups (broad SMARTS) is 1. The van der Waals surface area contributed by atoms with Crippen LogP contribution in [0, 0.1) is 12.7 Å². The van der Waals surface area contributed by atoms with E-state index < -0.39 is 11.6 Å². The summed E-state index contributed by atoms with van der Waals surface area (Å²) >= 11 is 0. The molecule has 1 aromatic carbocycles. The smallest absolute Gasteiger partial charge is 0.340 e. The Morgan fingerprint density at radius 2 is 1.97 bits per heavy atom. The standard InChI is InChI=1S/C23H21FN2O4/c1-3-23(30,22(28)29)12-7-18-21-15(10-26(18)19(27)8-12)14-6-4-5-13-11(2)16(24)9-17(25-21)20(13)14/h7-9,30H,3-6,10H2,1-2H3,(H,28,29). The molecule has 1 unspecified atom stereocenters. The summed E-state index contributed by atoms with van der Waals surface area (Å²) in [6.07, 6.45) is 2.44. The first-order valence-corrected chi connectivity index (χ1v) is 10.1. The van der Waals surface area contributed by atoms with E-state index >= 15 is 0 Å². The molecule has 3 heterocycles. The van der Waals surface area contributed by atoms with Crippen molar-refractivity contribution >= 4 is 16.9 Å². The Bertz CT molecular complexity index is 1330. The number of hydrogen-bond donors (Lipinski definition) is 2. The van der Waals surface area contributed by atoms with E-state index in [0.29, 0.717) is 29.0 Å². The highest BCUT2D eigenvalue weighted by Gasteiger charge is 2.38. The molecule has 154 valence electrons. The summed E-state index contributed by atoms with van der Waals surface area (Å²) in [5.41, 5.74) is 2.73. The van der Waals surface area contributed by atoms with E-state index in [2.05, 4.69) is 0 Å². The maximum atomic E-state index is 14.5. The van der Waals surface area contributed by atoms with Gasteiger partial charge < -0.3 is 14.8 Å². The first kappa shape index (κ1) is 18.9. The van der Waals surface area contributed by atoms with Crippen LogP contribution in [0.1, 0.15) is 47.6 Å². The Hall–Kier alpha value is -3.06. The summed E-state index contributed by atoms with van der Waals surface area (Å²) < 4.78 is 16.1. The lowest BCUT2D eigenvalue weighted by molar-refractivity contribution is -0.160. The predicted molar refractivity (Wildman–Crippen MR) is 109 cm³/mol. The lowest BCUT2D eigenvalue weighted by Crippen LogP contribution is -2.36. The molecular formula is C23H21FN2O4. The van der Waals surface area contributed by atoms with Crippen LogP contribution < -0.4 is 5.56 Å². The Kier molecular flexibility index (Phi) is 3.92. The fourth-order valence-corrected chi connectivity index (χ4v) is 4.94. The second-order valence-electron chi connectivity index (χ2n) is 8.20. The van der Waals surface area contributed by atoms with Crippen molar-refractivity contribution in [2.45, 2.75) is 51.7 Å². The molecule has 7 heteroatoms. The molecule has 5 rings (SSSR count). The summed E-state index contributed by atoms with van der Waals surface area (Å²) in [6.45, 7) is 3.68. The Morgan fingerprint density at radius 3 is 2.67 bits per heavy atom. The highest BCUT2D eigenvalue weighted by Crippen LogP contribution is 2.41. The van der Waals surface area contributed by atoms with Crippen LogP contribution in [0.3, 0.4) is 0 Å². The predicted octanol–water partition coefficient (Wildman–Crippen LogP) is 3.04.